The van der Waals surface area contributed by atoms with Gasteiger partial charge >= 0.3 is 0 Å². The molecule has 0 saturated heterocycles. The lowest BCUT2D eigenvalue weighted by Crippen LogP contribution is -2.34. The molecule has 35 heavy (non-hydrogen) atoms. The van der Waals surface area contributed by atoms with Gasteiger partial charge in [0.15, 0.2) is 0 Å². The van der Waals surface area contributed by atoms with Crippen molar-refractivity contribution in [3.8, 4) is 0 Å². The van der Waals surface area contributed by atoms with Gasteiger partial charge in [-0.15, -0.1) is 0 Å². The van der Waals surface area contributed by atoms with E-state index < -0.39 is 10.0 Å². The van der Waals surface area contributed by atoms with Gasteiger partial charge in [0.1, 0.15) is 0 Å². The second-order valence-corrected chi connectivity index (χ2v) is 11.3. The fourth-order valence-electron chi connectivity index (χ4n) is 5.19. The zero-order valence-corrected chi connectivity index (χ0v) is 20.7. The fourth-order valence-corrected chi connectivity index (χ4v) is 6.27. The lowest BCUT2D eigenvalue weighted by atomic mass is 9.92. The van der Waals surface area contributed by atoms with Gasteiger partial charge in [-0.05, 0) is 73.8 Å². The van der Waals surface area contributed by atoms with Crippen molar-refractivity contribution in [2.45, 2.75) is 68.8 Å². The first kappa shape index (κ1) is 23.8. The normalized spacial score (nSPS) is 17.4. The van der Waals surface area contributed by atoms with Crippen molar-refractivity contribution in [3.05, 3.63) is 82.7 Å². The van der Waals surface area contributed by atoms with Crippen LogP contribution in [0.15, 0.2) is 59.6 Å². The lowest BCUT2D eigenvalue weighted by molar-refractivity contribution is -0.121. The standard InChI is InChI=1S/C27H32N4O3S/c32-27(15-16-29-35(33,34)23-14-13-21-9-4-5-10-22(21)17-23)30-25-11-6-12-26-24(25)18-28-31(26)19-20-7-2-1-3-8-20/h1-3,7-8,13-14,17-18,25,29H,4-6,9-12,15-16,19H2,(H,30,32). The van der Waals surface area contributed by atoms with Crippen LogP contribution in [0.5, 0.6) is 0 Å². The SMILES string of the molecule is O=C(CCNS(=O)(=O)c1ccc2c(c1)CCCC2)NC1CCCc2c1cnn2Cc1ccccc1. The molecule has 8 heteroatoms. The molecule has 0 aliphatic heterocycles. The highest BCUT2D eigenvalue weighted by molar-refractivity contribution is 7.89. The van der Waals surface area contributed by atoms with Gasteiger partial charge < -0.3 is 5.32 Å². The smallest absolute Gasteiger partial charge is 0.240 e. The topological polar surface area (TPSA) is 93.1 Å². The van der Waals surface area contributed by atoms with Crippen molar-refractivity contribution in [2.24, 2.45) is 0 Å². The molecule has 1 aromatic heterocycles. The van der Waals surface area contributed by atoms with E-state index in [4.69, 9.17) is 0 Å². The Morgan fingerprint density at radius 1 is 1.00 bits per heavy atom. The highest BCUT2D eigenvalue weighted by Gasteiger charge is 2.26. The number of sulfonamides is 1. The minimum atomic E-state index is -3.64. The number of amides is 1. The molecule has 0 bridgehead atoms. The summed E-state index contributed by atoms with van der Waals surface area (Å²) in [6.07, 6.45) is 8.91. The maximum atomic E-state index is 12.8. The van der Waals surface area contributed by atoms with Crippen molar-refractivity contribution in [1.29, 1.82) is 0 Å². The second-order valence-electron chi connectivity index (χ2n) is 9.49. The number of benzene rings is 2. The number of fused-ring (bicyclic) bond motifs is 2. The van der Waals surface area contributed by atoms with E-state index >= 15 is 0 Å². The first-order chi connectivity index (χ1) is 17.0. The first-order valence-corrected chi connectivity index (χ1v) is 14.0. The van der Waals surface area contributed by atoms with Crippen molar-refractivity contribution >= 4 is 15.9 Å². The fraction of sp³-hybridized carbons (Fsp3) is 0.407. The minimum absolute atomic E-state index is 0.0676. The van der Waals surface area contributed by atoms with Gasteiger partial charge in [0, 0.05) is 24.2 Å². The van der Waals surface area contributed by atoms with Crippen molar-refractivity contribution in [1.82, 2.24) is 19.8 Å². The summed E-state index contributed by atoms with van der Waals surface area (Å²) in [5, 5.41) is 7.67. The van der Waals surface area contributed by atoms with E-state index in [0.717, 1.165) is 56.1 Å². The van der Waals surface area contributed by atoms with Crippen molar-refractivity contribution in [3.63, 3.8) is 0 Å². The number of hydrogen-bond donors (Lipinski definition) is 2. The quantitative estimate of drug-likeness (QED) is 0.502. The molecule has 1 amide bonds. The van der Waals surface area contributed by atoms with Crippen LogP contribution in [0.2, 0.25) is 0 Å². The molecule has 0 spiro atoms. The third-order valence-electron chi connectivity index (χ3n) is 7.05. The number of carbonyl (C=O) groups is 1. The molecular weight excluding hydrogens is 460 g/mol. The number of nitrogens with zero attached hydrogens (tertiary/aromatic N) is 2. The highest BCUT2D eigenvalue weighted by atomic mass is 32.2. The number of nitrogens with one attached hydrogen (secondary N) is 2. The Bertz CT molecular complexity index is 1300. The van der Waals surface area contributed by atoms with Gasteiger partial charge in [0.05, 0.1) is 23.7 Å². The average Bonchev–Trinajstić information content (AvgIpc) is 3.28. The minimum Gasteiger partial charge on any atom is -0.349 e. The summed E-state index contributed by atoms with van der Waals surface area (Å²) < 4.78 is 30.1. The zero-order chi connectivity index (χ0) is 24.3. The van der Waals surface area contributed by atoms with E-state index in [1.54, 1.807) is 12.1 Å². The van der Waals surface area contributed by atoms with Crippen LogP contribution in [0.3, 0.4) is 0 Å². The maximum absolute atomic E-state index is 12.8. The number of aromatic nitrogens is 2. The molecule has 2 aliphatic rings. The predicted molar refractivity (Wildman–Crippen MR) is 134 cm³/mol. The van der Waals surface area contributed by atoms with E-state index in [2.05, 4.69) is 27.3 Å². The summed E-state index contributed by atoms with van der Waals surface area (Å²) in [6, 6.07) is 15.5. The van der Waals surface area contributed by atoms with Crippen LogP contribution >= 0.6 is 0 Å². The molecule has 7 nitrogen and oxygen atoms in total. The Morgan fingerprint density at radius 2 is 1.80 bits per heavy atom. The molecule has 2 N–H and O–H groups in total. The van der Waals surface area contributed by atoms with Gasteiger partial charge in [-0.1, -0.05) is 36.4 Å². The Hall–Kier alpha value is -2.97. The summed E-state index contributed by atoms with van der Waals surface area (Å²) in [6.45, 7) is 0.777. The summed E-state index contributed by atoms with van der Waals surface area (Å²) in [4.78, 5) is 12.9. The average molecular weight is 493 g/mol. The van der Waals surface area contributed by atoms with E-state index in [-0.39, 0.29) is 29.8 Å². The van der Waals surface area contributed by atoms with Gasteiger partial charge in [0.2, 0.25) is 15.9 Å². The molecule has 184 valence electrons. The van der Waals surface area contributed by atoms with Gasteiger partial charge in [-0.25, -0.2) is 13.1 Å². The predicted octanol–water partition coefficient (Wildman–Crippen LogP) is 3.67. The van der Waals surface area contributed by atoms with Crippen LogP contribution in [-0.2, 0) is 40.6 Å². The monoisotopic (exact) mass is 492 g/mol. The number of carbonyl (C=O) groups excluding carboxylic acids is 1. The second kappa shape index (κ2) is 10.3. The van der Waals surface area contributed by atoms with Crippen molar-refractivity contribution in [2.75, 3.05) is 6.54 Å². The first-order valence-electron chi connectivity index (χ1n) is 12.5. The van der Waals surface area contributed by atoms with Crippen LogP contribution in [0.4, 0.5) is 0 Å². The molecule has 0 saturated carbocycles. The summed E-state index contributed by atoms with van der Waals surface area (Å²) in [5.74, 6) is -0.160. The molecule has 1 heterocycles. The Labute approximate surface area is 207 Å². The Kier molecular flexibility index (Phi) is 7.02. The molecule has 3 aromatic rings. The van der Waals surface area contributed by atoms with Crippen LogP contribution in [0.25, 0.3) is 0 Å². The van der Waals surface area contributed by atoms with Gasteiger partial charge in [0.25, 0.3) is 0 Å². The van der Waals surface area contributed by atoms with E-state index in [0.29, 0.717) is 6.54 Å². The van der Waals surface area contributed by atoms with E-state index in [1.165, 1.54) is 16.8 Å². The lowest BCUT2D eigenvalue weighted by Gasteiger charge is -2.24. The Balaban J connectivity index is 1.16. The van der Waals surface area contributed by atoms with Gasteiger partial charge in [-0.2, -0.15) is 5.10 Å². The van der Waals surface area contributed by atoms with Gasteiger partial charge in [-0.3, -0.25) is 9.48 Å². The molecular formula is C27H32N4O3S. The van der Waals surface area contributed by atoms with Crippen LogP contribution in [-0.4, -0.2) is 30.7 Å². The zero-order valence-electron chi connectivity index (χ0n) is 19.9. The van der Waals surface area contributed by atoms with Crippen molar-refractivity contribution < 1.29 is 13.2 Å². The molecule has 0 fully saturated rings. The van der Waals surface area contributed by atoms with Crippen LogP contribution in [0.1, 0.15) is 66.1 Å². The maximum Gasteiger partial charge on any atom is 0.240 e. The van der Waals surface area contributed by atoms with E-state index in [9.17, 15) is 13.2 Å². The van der Waals surface area contributed by atoms with E-state index in [1.807, 2.05) is 35.1 Å². The molecule has 2 aromatic carbocycles. The molecule has 0 radical (unpaired) electrons. The Morgan fingerprint density at radius 3 is 2.63 bits per heavy atom. The molecule has 1 unspecified atom stereocenters. The summed E-state index contributed by atoms with van der Waals surface area (Å²) in [7, 11) is -3.64. The van der Waals surface area contributed by atoms with Crippen LogP contribution in [0, 0.1) is 0 Å². The molecule has 5 rings (SSSR count). The highest BCUT2D eigenvalue weighted by Crippen LogP contribution is 2.30. The third-order valence-corrected chi connectivity index (χ3v) is 8.51. The summed E-state index contributed by atoms with van der Waals surface area (Å²) >= 11 is 0. The number of hydrogen-bond acceptors (Lipinski definition) is 4. The number of aryl methyl sites for hydroxylation is 2. The number of rotatable bonds is 8. The summed E-state index contributed by atoms with van der Waals surface area (Å²) in [5.41, 5.74) is 5.79. The largest absolute Gasteiger partial charge is 0.349 e. The third kappa shape index (κ3) is 5.49. The molecule has 2 aliphatic carbocycles. The molecule has 1 atom stereocenters. The van der Waals surface area contributed by atoms with Crippen LogP contribution < -0.4 is 10.0 Å².